The topological polar surface area (TPSA) is 248 Å². The van der Waals surface area contributed by atoms with E-state index < -0.39 is 53.7 Å². The minimum Gasteiger partial charge on any atom is -0.444 e. The van der Waals surface area contributed by atoms with Gasteiger partial charge in [0.05, 0.1) is 0 Å². The lowest BCUT2D eigenvalue weighted by atomic mass is 9.91. The molecule has 21 heteroatoms. The molecule has 0 bridgehead atoms. The van der Waals surface area contributed by atoms with Gasteiger partial charge in [0.15, 0.2) is 0 Å². The fraction of sp³-hybridized carbons (Fsp3) is 0.429. The average Bonchev–Trinajstić information content (AvgIpc) is 3.67. The molecule has 56 heavy (non-hydrogen) atoms. The number of hydrogen-bond donors (Lipinski definition) is 4. The number of aryl methyl sites for hydroxylation is 3. The molecule has 1 aromatic carbocycles. The van der Waals surface area contributed by atoms with Crippen LogP contribution in [0.25, 0.3) is 0 Å². The van der Waals surface area contributed by atoms with Crippen molar-refractivity contribution in [3.05, 3.63) is 63.0 Å². The first-order valence-electron chi connectivity index (χ1n) is 16.7. The van der Waals surface area contributed by atoms with Gasteiger partial charge in [0.2, 0.25) is 14.6 Å². The van der Waals surface area contributed by atoms with Gasteiger partial charge in [-0.15, -0.1) is 22.7 Å². The molecule has 5 N–H and O–H groups in total. The SMILES string of the molecule is CC(C)(C)OC(=O)Nc1csc(S(N)(=O)=O)n1.Cc1cc(C)c(Oc2nc(C(C)(C)C)ccc2C(=O)NS(=O)(=O)c2nc(NC(=O)OC(C)(C)C)cs2)c(C)c1. The lowest BCUT2D eigenvalue weighted by molar-refractivity contribution is 0.0624. The number of primary sulfonamides is 1. The van der Waals surface area contributed by atoms with Crippen molar-refractivity contribution in [1.29, 1.82) is 0 Å². The Kier molecular flexibility index (Phi) is 14.0. The highest BCUT2D eigenvalue weighted by Crippen LogP contribution is 2.33. The van der Waals surface area contributed by atoms with Crippen LogP contribution in [0.5, 0.6) is 11.6 Å². The molecule has 0 aliphatic carbocycles. The van der Waals surface area contributed by atoms with Crippen molar-refractivity contribution in [2.45, 2.75) is 108 Å². The van der Waals surface area contributed by atoms with E-state index >= 15 is 0 Å². The van der Waals surface area contributed by atoms with Gasteiger partial charge in [-0.05, 0) is 85.6 Å². The second kappa shape index (κ2) is 17.2. The van der Waals surface area contributed by atoms with E-state index in [0.29, 0.717) is 11.4 Å². The van der Waals surface area contributed by atoms with E-state index in [1.54, 1.807) is 47.6 Å². The number of carbonyl (C=O) groups excluding carboxylic acids is 3. The summed E-state index contributed by atoms with van der Waals surface area (Å²) in [4.78, 5) is 48.7. The zero-order chi connectivity index (χ0) is 42.6. The number of thiazole rings is 2. The van der Waals surface area contributed by atoms with Crippen molar-refractivity contribution < 1.29 is 45.4 Å². The molecule has 0 aliphatic heterocycles. The molecule has 4 rings (SSSR count). The predicted molar refractivity (Wildman–Crippen MR) is 214 cm³/mol. The molecule has 0 radical (unpaired) electrons. The Balaban J connectivity index is 0.000000413. The van der Waals surface area contributed by atoms with Gasteiger partial charge in [-0.2, -0.15) is 8.42 Å². The van der Waals surface area contributed by atoms with Crippen LogP contribution in [0.3, 0.4) is 0 Å². The second-order valence-corrected chi connectivity index (χ2v) is 20.7. The van der Waals surface area contributed by atoms with Crippen LogP contribution < -0.4 is 25.2 Å². The number of nitrogens with two attached hydrogens (primary N) is 1. The lowest BCUT2D eigenvalue weighted by Crippen LogP contribution is -2.31. The number of ether oxygens (including phenoxy) is 3. The zero-order valence-corrected chi connectivity index (χ0v) is 36.4. The van der Waals surface area contributed by atoms with E-state index in [0.717, 1.165) is 39.4 Å². The molecule has 0 saturated heterocycles. The van der Waals surface area contributed by atoms with Gasteiger partial charge in [0.1, 0.15) is 34.2 Å². The second-order valence-electron chi connectivity index (χ2n) is 15.4. The number of anilines is 2. The lowest BCUT2D eigenvalue weighted by Gasteiger charge is -2.21. The van der Waals surface area contributed by atoms with Crippen LogP contribution >= 0.6 is 22.7 Å². The summed E-state index contributed by atoms with van der Waals surface area (Å²) in [7, 11) is -8.21. The van der Waals surface area contributed by atoms with E-state index in [1.165, 1.54) is 16.8 Å². The van der Waals surface area contributed by atoms with Gasteiger partial charge in [0.25, 0.3) is 26.0 Å². The summed E-state index contributed by atoms with van der Waals surface area (Å²) in [5.41, 5.74) is 1.63. The first-order valence-corrected chi connectivity index (χ1v) is 21.5. The monoisotopic (exact) mass is 853 g/mol. The van der Waals surface area contributed by atoms with Crippen LogP contribution in [0.4, 0.5) is 21.2 Å². The number of nitrogens with one attached hydrogen (secondary N) is 3. The molecule has 0 atom stereocenters. The van der Waals surface area contributed by atoms with Crippen LogP contribution in [0.1, 0.15) is 95.1 Å². The fourth-order valence-corrected chi connectivity index (χ4v) is 7.75. The van der Waals surface area contributed by atoms with Crippen LogP contribution in [0.2, 0.25) is 0 Å². The Morgan fingerprint density at radius 1 is 0.714 bits per heavy atom. The summed E-state index contributed by atoms with van der Waals surface area (Å²) in [6, 6.07) is 7.05. The third-order valence-electron chi connectivity index (χ3n) is 6.60. The number of pyridine rings is 1. The zero-order valence-electron chi connectivity index (χ0n) is 33.1. The molecule has 0 saturated carbocycles. The van der Waals surface area contributed by atoms with Crippen LogP contribution in [-0.4, -0.2) is 61.1 Å². The number of aromatic nitrogens is 3. The van der Waals surface area contributed by atoms with E-state index in [-0.39, 0.29) is 32.8 Å². The molecule has 0 fully saturated rings. The molecule has 3 amide bonds. The minimum absolute atomic E-state index is 0.0170. The van der Waals surface area contributed by atoms with Crippen molar-refractivity contribution >= 4 is 72.4 Å². The maximum atomic E-state index is 13.2. The number of carbonyl (C=O) groups is 3. The third kappa shape index (κ3) is 13.8. The first-order chi connectivity index (χ1) is 25.4. The normalized spacial score (nSPS) is 12.2. The molecule has 4 aromatic rings. The Labute approximate surface area is 334 Å². The smallest absolute Gasteiger partial charge is 0.413 e. The van der Waals surface area contributed by atoms with Gasteiger partial charge in [0, 0.05) is 21.9 Å². The molecule has 306 valence electrons. The summed E-state index contributed by atoms with van der Waals surface area (Å²) < 4.78 is 65.5. The standard InChI is InChI=1S/C27H34N4O6S2.C8H13N3O4S2/c1-15-12-16(2)21(17(3)13-15)36-23-18(10-11-19(28-23)26(4,5)6)22(32)31-39(34,35)25-30-20(14-38-25)29-24(33)37-27(7,8)9;1-8(2,3)15-6(12)10-5-4-16-7(11-5)17(9,13)14/h10-14H,1-9H3,(H,29,33)(H,31,32);4H,1-3H3,(H,10,12)(H2,9,13,14). The van der Waals surface area contributed by atoms with Gasteiger partial charge >= 0.3 is 12.2 Å². The summed E-state index contributed by atoms with van der Waals surface area (Å²) in [6.45, 7) is 21.9. The molecule has 0 aliphatic rings. The van der Waals surface area contributed by atoms with E-state index in [1.807, 2.05) is 58.4 Å². The molecule has 3 heterocycles. The summed E-state index contributed by atoms with van der Waals surface area (Å²) in [6.07, 6.45) is -1.49. The van der Waals surface area contributed by atoms with E-state index in [2.05, 4.69) is 25.6 Å². The Morgan fingerprint density at radius 2 is 1.18 bits per heavy atom. The van der Waals surface area contributed by atoms with Crippen molar-refractivity contribution in [3.8, 4) is 11.6 Å². The molecule has 3 aromatic heterocycles. The number of amides is 3. The first kappa shape index (κ1) is 45.7. The van der Waals surface area contributed by atoms with Crippen LogP contribution in [0, 0.1) is 20.8 Å². The molecule has 17 nitrogen and oxygen atoms in total. The molecular weight excluding hydrogens is 807 g/mol. The highest BCUT2D eigenvalue weighted by molar-refractivity contribution is 7.92. The van der Waals surface area contributed by atoms with Crippen molar-refractivity contribution in [1.82, 2.24) is 19.7 Å². The van der Waals surface area contributed by atoms with Crippen LogP contribution in [-0.2, 0) is 34.9 Å². The Morgan fingerprint density at radius 3 is 1.61 bits per heavy atom. The molecular formula is C35H47N7O10S4. The van der Waals surface area contributed by atoms with Crippen molar-refractivity contribution in [2.75, 3.05) is 10.6 Å². The third-order valence-corrected chi connectivity index (χ3v) is 11.4. The number of rotatable bonds is 8. The van der Waals surface area contributed by atoms with Crippen LogP contribution in [0.15, 0.2) is 43.7 Å². The quantitative estimate of drug-likeness (QED) is 0.138. The summed E-state index contributed by atoms with van der Waals surface area (Å²) in [5, 5.41) is 12.3. The average molecular weight is 854 g/mol. The number of benzene rings is 1. The van der Waals surface area contributed by atoms with Gasteiger partial charge in [-0.3, -0.25) is 15.4 Å². The van der Waals surface area contributed by atoms with Gasteiger partial charge in [-0.25, -0.2) is 42.8 Å². The predicted octanol–water partition coefficient (Wildman–Crippen LogP) is 7.16. The highest BCUT2D eigenvalue weighted by Gasteiger charge is 2.28. The fourth-order valence-electron chi connectivity index (χ4n) is 4.45. The summed E-state index contributed by atoms with van der Waals surface area (Å²) in [5.74, 6) is -0.344. The maximum absolute atomic E-state index is 13.2. The summed E-state index contributed by atoms with van der Waals surface area (Å²) >= 11 is 1.56. The number of hydrogen-bond acceptors (Lipinski definition) is 15. The molecule has 0 spiro atoms. The highest BCUT2D eigenvalue weighted by atomic mass is 32.3. The van der Waals surface area contributed by atoms with Gasteiger partial charge < -0.3 is 14.2 Å². The van der Waals surface area contributed by atoms with Crippen molar-refractivity contribution in [2.24, 2.45) is 5.14 Å². The Bertz CT molecular complexity index is 2290. The molecule has 0 unspecified atom stereocenters. The van der Waals surface area contributed by atoms with E-state index in [4.69, 9.17) is 19.3 Å². The number of sulfonamides is 2. The minimum atomic E-state index is -4.38. The Hall–Kier alpha value is -4.70. The number of nitrogens with zero attached hydrogens (tertiary/aromatic N) is 3. The van der Waals surface area contributed by atoms with Gasteiger partial charge in [-0.1, -0.05) is 38.5 Å². The van der Waals surface area contributed by atoms with E-state index in [9.17, 15) is 31.2 Å². The maximum Gasteiger partial charge on any atom is 0.413 e. The largest absolute Gasteiger partial charge is 0.444 e. The van der Waals surface area contributed by atoms with Crippen molar-refractivity contribution in [3.63, 3.8) is 0 Å².